The first-order valence-corrected chi connectivity index (χ1v) is 20.4. The van der Waals surface area contributed by atoms with Crippen LogP contribution in [-0.2, 0) is 30.8 Å². The largest absolute Gasteiger partial charge is 0.493 e. The number of carbonyl (C=O) groups is 2. The van der Waals surface area contributed by atoms with Crippen LogP contribution in [0.25, 0.3) is 0 Å². The van der Waals surface area contributed by atoms with Gasteiger partial charge in [0.1, 0.15) is 22.7 Å². The number of nitrogens with zero attached hydrogens (tertiary/aromatic N) is 6. The van der Waals surface area contributed by atoms with Gasteiger partial charge in [-0.15, -0.1) is 0 Å². The summed E-state index contributed by atoms with van der Waals surface area (Å²) in [7, 11) is 0. The highest BCUT2D eigenvalue weighted by Crippen LogP contribution is 2.54. The molecule has 11 nitrogen and oxygen atoms in total. The molecule has 0 unspecified atom stereocenters. The maximum atomic E-state index is 15.4. The van der Waals surface area contributed by atoms with E-state index in [0.29, 0.717) is 99.5 Å². The Bertz CT molecular complexity index is 1820. The number of halogens is 2. The Kier molecular flexibility index (Phi) is 14.5. The van der Waals surface area contributed by atoms with Gasteiger partial charge in [0.2, 0.25) is 5.91 Å². The van der Waals surface area contributed by atoms with Crippen molar-refractivity contribution in [3.05, 3.63) is 93.2 Å². The van der Waals surface area contributed by atoms with E-state index < -0.39 is 11.1 Å². The van der Waals surface area contributed by atoms with Gasteiger partial charge in [-0.1, -0.05) is 68.2 Å². The van der Waals surface area contributed by atoms with Crippen molar-refractivity contribution in [1.29, 1.82) is 0 Å². The molecule has 1 aromatic heterocycles. The lowest BCUT2D eigenvalue weighted by molar-refractivity contribution is -0.134. The number of pyridine rings is 1. The molecule has 0 bridgehead atoms. The summed E-state index contributed by atoms with van der Waals surface area (Å²) in [4.78, 5) is 46.9. The van der Waals surface area contributed by atoms with Crippen LogP contribution in [0.4, 0.5) is 4.79 Å². The fourth-order valence-electron chi connectivity index (χ4n) is 7.39. The first-order chi connectivity index (χ1) is 26.7. The minimum absolute atomic E-state index is 0.0156. The number of urea groups is 1. The Hall–Kier alpha value is -3.74. The van der Waals surface area contributed by atoms with Crippen molar-refractivity contribution >= 4 is 41.0 Å². The SMILES string of the molecule is CCOCCN(CCOCC)C(=O)CN1CCN(C(=O)N2C(c3cnc(C(C)(C)C)cc3OCC)=N[C@@](C)(c3ccc(Cl)cc3)[C@@]2(C)c2ccc(Cl)cc2)CC1. The van der Waals surface area contributed by atoms with Gasteiger partial charge in [-0.25, -0.2) is 4.79 Å². The third-order valence-corrected chi connectivity index (χ3v) is 11.4. The molecule has 1 fully saturated rings. The average molecular weight is 810 g/mol. The molecule has 13 heteroatoms. The van der Waals surface area contributed by atoms with Crippen LogP contribution in [0.3, 0.4) is 0 Å². The number of aromatic nitrogens is 1. The van der Waals surface area contributed by atoms with Gasteiger partial charge in [-0.05, 0) is 70.0 Å². The molecular formula is C43H58Cl2N6O5. The number of amides is 3. The highest BCUT2D eigenvalue weighted by Gasteiger charge is 2.60. The molecule has 56 heavy (non-hydrogen) atoms. The number of amidine groups is 1. The highest BCUT2D eigenvalue weighted by molar-refractivity contribution is 6.30. The van der Waals surface area contributed by atoms with Crippen LogP contribution < -0.4 is 4.74 Å². The monoisotopic (exact) mass is 808 g/mol. The van der Waals surface area contributed by atoms with Crippen molar-refractivity contribution in [2.75, 3.05) is 78.8 Å². The van der Waals surface area contributed by atoms with Crippen molar-refractivity contribution in [3.63, 3.8) is 0 Å². The van der Waals surface area contributed by atoms with Crippen LogP contribution in [0.5, 0.6) is 5.75 Å². The molecule has 2 aromatic carbocycles. The van der Waals surface area contributed by atoms with Crippen LogP contribution in [0.2, 0.25) is 10.0 Å². The zero-order chi connectivity index (χ0) is 40.7. The Balaban J connectivity index is 1.54. The van der Waals surface area contributed by atoms with Crippen molar-refractivity contribution in [2.24, 2.45) is 4.99 Å². The van der Waals surface area contributed by atoms with Crippen molar-refractivity contribution in [2.45, 2.75) is 71.9 Å². The summed E-state index contributed by atoms with van der Waals surface area (Å²) in [6.45, 7) is 21.9. The van der Waals surface area contributed by atoms with E-state index in [0.717, 1.165) is 16.8 Å². The fraction of sp³-hybridized carbons (Fsp3) is 0.535. The molecule has 5 rings (SSSR count). The number of benzene rings is 2. The molecule has 0 aliphatic carbocycles. The Morgan fingerprint density at radius 2 is 1.38 bits per heavy atom. The highest BCUT2D eigenvalue weighted by atomic mass is 35.5. The summed E-state index contributed by atoms with van der Waals surface area (Å²) in [6.07, 6.45) is 1.78. The lowest BCUT2D eigenvalue weighted by Gasteiger charge is -2.47. The van der Waals surface area contributed by atoms with Gasteiger partial charge in [0, 0.05) is 85.9 Å². The molecule has 2 aliphatic heterocycles. The standard InChI is InChI=1S/C43H58Cl2N6O5/c1-9-54-26-24-49(25-27-55-10-2)38(52)30-48-20-22-50(23-21-48)40(53)51-39(35-29-46-37(41(4,5)6)28-36(35)56-11-3)47-42(7,31-12-16-33(44)17-13-31)43(51,8)32-14-18-34(45)19-15-32/h12-19,28-29H,9-11,20-27,30H2,1-8H3/t42-,43+/m0/s1. The van der Waals surface area contributed by atoms with Crippen molar-refractivity contribution in [1.82, 2.24) is 24.6 Å². The third-order valence-electron chi connectivity index (χ3n) is 10.9. The topological polar surface area (TPSA) is 100 Å². The molecule has 1 saturated heterocycles. The van der Waals surface area contributed by atoms with Gasteiger partial charge in [0.25, 0.3) is 0 Å². The molecule has 0 N–H and O–H groups in total. The first-order valence-electron chi connectivity index (χ1n) is 19.7. The second-order valence-electron chi connectivity index (χ2n) is 15.5. The number of hydrogen-bond donors (Lipinski definition) is 0. The normalized spacial score (nSPS) is 20.3. The van der Waals surface area contributed by atoms with Gasteiger partial charge >= 0.3 is 6.03 Å². The van der Waals surface area contributed by atoms with Crippen LogP contribution in [0.1, 0.15) is 77.8 Å². The van der Waals surface area contributed by atoms with E-state index in [9.17, 15) is 4.79 Å². The minimum atomic E-state index is -1.06. The van der Waals surface area contributed by atoms with Gasteiger partial charge in [-0.3, -0.25) is 24.6 Å². The number of carbonyl (C=O) groups excluding carboxylic acids is 2. The Labute approximate surface area is 342 Å². The number of rotatable bonds is 15. The smallest absolute Gasteiger partial charge is 0.326 e. The third kappa shape index (κ3) is 9.34. The number of piperazine rings is 1. The van der Waals surface area contributed by atoms with Crippen LogP contribution in [-0.4, -0.2) is 121 Å². The predicted octanol–water partition coefficient (Wildman–Crippen LogP) is 7.62. The van der Waals surface area contributed by atoms with E-state index in [1.54, 1.807) is 11.1 Å². The summed E-state index contributed by atoms with van der Waals surface area (Å²) in [5, 5.41) is 1.19. The molecule has 304 valence electrons. The summed E-state index contributed by atoms with van der Waals surface area (Å²) >= 11 is 12.9. The number of ether oxygens (including phenoxy) is 3. The van der Waals surface area contributed by atoms with Gasteiger partial charge in [0.05, 0.1) is 31.9 Å². The molecular weight excluding hydrogens is 751 g/mol. The fourth-order valence-corrected chi connectivity index (χ4v) is 7.64. The molecule has 3 aromatic rings. The lowest BCUT2D eigenvalue weighted by atomic mass is 9.71. The lowest BCUT2D eigenvalue weighted by Crippen LogP contribution is -2.61. The van der Waals surface area contributed by atoms with Crippen molar-refractivity contribution in [3.8, 4) is 5.75 Å². The molecule has 0 spiro atoms. The van der Waals surface area contributed by atoms with Crippen LogP contribution >= 0.6 is 23.2 Å². The zero-order valence-electron chi connectivity index (χ0n) is 34.2. The maximum absolute atomic E-state index is 15.4. The van der Waals surface area contributed by atoms with Gasteiger partial charge < -0.3 is 24.0 Å². The molecule has 3 amide bonds. The summed E-state index contributed by atoms with van der Waals surface area (Å²) in [6, 6.07) is 17.0. The Morgan fingerprint density at radius 3 is 1.89 bits per heavy atom. The molecule has 0 saturated carbocycles. The van der Waals surface area contributed by atoms with E-state index in [-0.39, 0.29) is 23.9 Å². The summed E-state index contributed by atoms with van der Waals surface area (Å²) in [5.41, 5.74) is 0.925. The van der Waals surface area contributed by atoms with E-state index in [1.807, 2.05) is 85.2 Å². The van der Waals surface area contributed by atoms with E-state index in [1.165, 1.54) is 0 Å². The second-order valence-corrected chi connectivity index (χ2v) is 16.4. The zero-order valence-corrected chi connectivity index (χ0v) is 35.8. The van der Waals surface area contributed by atoms with Crippen molar-refractivity contribution < 1.29 is 23.8 Å². The van der Waals surface area contributed by atoms with Crippen LogP contribution in [0.15, 0.2) is 65.8 Å². The van der Waals surface area contributed by atoms with E-state index >= 15 is 4.79 Å². The van der Waals surface area contributed by atoms with E-state index in [2.05, 4.69) is 39.5 Å². The Morgan fingerprint density at radius 1 is 0.821 bits per heavy atom. The summed E-state index contributed by atoms with van der Waals surface area (Å²) < 4.78 is 17.4. The molecule has 2 aliphatic rings. The number of aliphatic imine (C=N–C) groups is 1. The van der Waals surface area contributed by atoms with Gasteiger partial charge in [-0.2, -0.15) is 0 Å². The van der Waals surface area contributed by atoms with Gasteiger partial charge in [0.15, 0.2) is 0 Å². The second kappa shape index (κ2) is 18.7. The van der Waals surface area contributed by atoms with E-state index in [4.69, 9.17) is 47.4 Å². The quantitative estimate of drug-likeness (QED) is 0.146. The minimum Gasteiger partial charge on any atom is -0.493 e. The summed E-state index contributed by atoms with van der Waals surface area (Å²) in [5.74, 6) is 1.07. The first kappa shape index (κ1) is 43.4. The molecule has 3 heterocycles. The molecule has 2 atom stereocenters. The van der Waals surface area contributed by atoms with Crippen LogP contribution in [0, 0.1) is 0 Å². The average Bonchev–Trinajstić information content (AvgIpc) is 3.42. The molecule has 0 radical (unpaired) electrons. The predicted molar refractivity (Wildman–Crippen MR) is 223 cm³/mol. The number of hydrogen-bond acceptors (Lipinski definition) is 8. The maximum Gasteiger partial charge on any atom is 0.326 e.